The van der Waals surface area contributed by atoms with E-state index in [1.54, 1.807) is 18.7 Å². The molecule has 0 saturated heterocycles. The number of pyridine rings is 1. The van der Waals surface area contributed by atoms with Crippen LogP contribution in [0.5, 0.6) is 0 Å². The van der Waals surface area contributed by atoms with Crippen LogP contribution >= 0.6 is 0 Å². The van der Waals surface area contributed by atoms with Gasteiger partial charge in [0.15, 0.2) is 5.78 Å². The van der Waals surface area contributed by atoms with E-state index < -0.39 is 0 Å². The summed E-state index contributed by atoms with van der Waals surface area (Å²) in [6.45, 7) is 0. The predicted molar refractivity (Wildman–Crippen MR) is 62.6 cm³/mol. The predicted octanol–water partition coefficient (Wildman–Crippen LogP) is 1.80. The van der Waals surface area contributed by atoms with Crippen LogP contribution in [0.15, 0.2) is 35.2 Å². The lowest BCUT2D eigenvalue weighted by Crippen LogP contribution is -2.31. The maximum absolute atomic E-state index is 12.0. The van der Waals surface area contributed by atoms with E-state index in [0.29, 0.717) is 24.2 Å². The zero-order chi connectivity index (χ0) is 11.8. The Labute approximate surface area is 98.5 Å². The summed E-state index contributed by atoms with van der Waals surface area (Å²) in [5, 5.41) is 0. The number of rotatable bonds is 1. The molecule has 0 fully saturated rings. The highest BCUT2D eigenvalue weighted by Crippen LogP contribution is 2.32. The Hall–Kier alpha value is -1.94. The van der Waals surface area contributed by atoms with Gasteiger partial charge in [-0.3, -0.25) is 9.78 Å². The van der Waals surface area contributed by atoms with E-state index >= 15 is 0 Å². The average Bonchev–Trinajstić information content (AvgIpc) is 2.74. The molecule has 3 rings (SSSR count). The lowest BCUT2D eigenvalue weighted by Gasteiger charge is -2.16. The van der Waals surface area contributed by atoms with Crippen molar-refractivity contribution in [3.63, 3.8) is 0 Å². The first-order valence-corrected chi connectivity index (χ1v) is 5.55. The minimum absolute atomic E-state index is 0.0614. The Morgan fingerprint density at radius 2 is 2.29 bits per heavy atom. The quantitative estimate of drug-likeness (QED) is 0.808. The van der Waals surface area contributed by atoms with Crippen LogP contribution in [0.4, 0.5) is 0 Å². The van der Waals surface area contributed by atoms with Gasteiger partial charge >= 0.3 is 0 Å². The SMILES string of the molecule is NC1CC(=O)c2c(-c3cccnc3)coc2C1. The van der Waals surface area contributed by atoms with Crippen molar-refractivity contribution < 1.29 is 9.21 Å². The number of fused-ring (bicyclic) bond motifs is 1. The summed E-state index contributed by atoms with van der Waals surface area (Å²) in [7, 11) is 0. The van der Waals surface area contributed by atoms with E-state index in [-0.39, 0.29) is 11.8 Å². The molecule has 0 bridgehead atoms. The first kappa shape index (κ1) is 10.2. The fourth-order valence-electron chi connectivity index (χ4n) is 2.24. The smallest absolute Gasteiger partial charge is 0.168 e. The molecular weight excluding hydrogens is 216 g/mol. The van der Waals surface area contributed by atoms with Crippen molar-refractivity contribution in [1.82, 2.24) is 4.98 Å². The highest BCUT2D eigenvalue weighted by atomic mass is 16.3. The Bertz CT molecular complexity index is 560. The van der Waals surface area contributed by atoms with Crippen LogP contribution in [0.25, 0.3) is 11.1 Å². The highest BCUT2D eigenvalue weighted by molar-refractivity contribution is 6.04. The second-order valence-corrected chi connectivity index (χ2v) is 4.28. The monoisotopic (exact) mass is 228 g/mol. The minimum atomic E-state index is -0.122. The molecule has 17 heavy (non-hydrogen) atoms. The van der Waals surface area contributed by atoms with Crippen molar-refractivity contribution in [3.8, 4) is 11.1 Å². The Balaban J connectivity index is 2.13. The molecule has 2 aromatic rings. The number of carbonyl (C=O) groups excluding carboxylic acids is 1. The lowest BCUT2D eigenvalue weighted by molar-refractivity contribution is 0.0962. The highest BCUT2D eigenvalue weighted by Gasteiger charge is 2.29. The molecule has 1 unspecified atom stereocenters. The van der Waals surface area contributed by atoms with Crippen LogP contribution in [0.1, 0.15) is 22.5 Å². The van der Waals surface area contributed by atoms with Crippen LogP contribution < -0.4 is 5.73 Å². The van der Waals surface area contributed by atoms with Crippen molar-refractivity contribution in [2.24, 2.45) is 5.73 Å². The summed E-state index contributed by atoms with van der Waals surface area (Å²) in [6, 6.07) is 3.64. The molecule has 1 atom stereocenters. The zero-order valence-electron chi connectivity index (χ0n) is 9.22. The summed E-state index contributed by atoms with van der Waals surface area (Å²) in [4.78, 5) is 16.0. The summed E-state index contributed by atoms with van der Waals surface area (Å²) in [5.74, 6) is 0.763. The van der Waals surface area contributed by atoms with Crippen molar-refractivity contribution >= 4 is 5.78 Å². The number of nitrogens with zero attached hydrogens (tertiary/aromatic N) is 1. The second-order valence-electron chi connectivity index (χ2n) is 4.28. The molecule has 0 aromatic carbocycles. The van der Waals surface area contributed by atoms with Gasteiger partial charge in [0.2, 0.25) is 0 Å². The molecule has 0 amide bonds. The number of aromatic nitrogens is 1. The summed E-state index contributed by atoms with van der Waals surface area (Å²) >= 11 is 0. The molecule has 2 heterocycles. The van der Waals surface area contributed by atoms with Crippen LogP contribution in [-0.2, 0) is 6.42 Å². The molecule has 0 saturated carbocycles. The molecule has 0 spiro atoms. The normalized spacial score (nSPS) is 19.1. The second kappa shape index (κ2) is 3.82. The van der Waals surface area contributed by atoms with Gasteiger partial charge in [-0.25, -0.2) is 0 Å². The fraction of sp³-hybridized carbons (Fsp3) is 0.231. The Morgan fingerprint density at radius 1 is 1.41 bits per heavy atom. The van der Waals surface area contributed by atoms with Crippen molar-refractivity contribution in [1.29, 1.82) is 0 Å². The number of ketones is 1. The van der Waals surface area contributed by atoms with Crippen LogP contribution in [0.3, 0.4) is 0 Å². The van der Waals surface area contributed by atoms with Gasteiger partial charge < -0.3 is 10.2 Å². The molecule has 1 aliphatic rings. The minimum Gasteiger partial charge on any atom is -0.468 e. The van der Waals surface area contributed by atoms with E-state index in [1.165, 1.54) is 0 Å². The molecule has 4 nitrogen and oxygen atoms in total. The number of furan rings is 1. The van der Waals surface area contributed by atoms with Crippen LogP contribution in [0.2, 0.25) is 0 Å². The third-order valence-electron chi connectivity index (χ3n) is 3.01. The third kappa shape index (κ3) is 1.66. The molecule has 1 aliphatic carbocycles. The van der Waals surface area contributed by atoms with E-state index in [9.17, 15) is 4.79 Å². The van der Waals surface area contributed by atoms with E-state index in [0.717, 1.165) is 11.1 Å². The van der Waals surface area contributed by atoms with Crippen molar-refractivity contribution in [3.05, 3.63) is 42.1 Å². The maximum Gasteiger partial charge on any atom is 0.168 e. The van der Waals surface area contributed by atoms with Crippen molar-refractivity contribution in [2.45, 2.75) is 18.9 Å². The number of nitrogens with two attached hydrogens (primary N) is 1. The molecule has 4 heteroatoms. The van der Waals surface area contributed by atoms with E-state index in [1.807, 2.05) is 12.1 Å². The lowest BCUT2D eigenvalue weighted by atomic mass is 9.89. The number of carbonyl (C=O) groups is 1. The van der Waals surface area contributed by atoms with Gasteiger partial charge in [0.25, 0.3) is 0 Å². The number of hydrogen-bond donors (Lipinski definition) is 1. The molecule has 0 aliphatic heterocycles. The van der Waals surface area contributed by atoms with Gasteiger partial charge in [0.05, 0.1) is 11.8 Å². The molecule has 2 aromatic heterocycles. The van der Waals surface area contributed by atoms with Gasteiger partial charge in [0, 0.05) is 42.4 Å². The molecule has 2 N–H and O–H groups in total. The maximum atomic E-state index is 12.0. The van der Waals surface area contributed by atoms with E-state index in [4.69, 9.17) is 10.2 Å². The standard InChI is InChI=1S/C13H12N2O2/c14-9-4-11(16)13-10(7-17-12(13)5-9)8-2-1-3-15-6-8/h1-3,6-7,9H,4-5,14H2. The topological polar surface area (TPSA) is 69.1 Å². The number of hydrogen-bond acceptors (Lipinski definition) is 4. The van der Waals surface area contributed by atoms with Crippen LogP contribution in [-0.4, -0.2) is 16.8 Å². The van der Waals surface area contributed by atoms with E-state index in [2.05, 4.69) is 4.98 Å². The summed E-state index contributed by atoms with van der Waals surface area (Å²) < 4.78 is 5.45. The Morgan fingerprint density at radius 3 is 3.06 bits per heavy atom. The molecular formula is C13H12N2O2. The van der Waals surface area contributed by atoms with Gasteiger partial charge in [-0.2, -0.15) is 0 Å². The zero-order valence-corrected chi connectivity index (χ0v) is 9.22. The van der Waals surface area contributed by atoms with Gasteiger partial charge in [-0.1, -0.05) is 6.07 Å². The van der Waals surface area contributed by atoms with Gasteiger partial charge in [-0.05, 0) is 6.07 Å². The largest absolute Gasteiger partial charge is 0.468 e. The average molecular weight is 228 g/mol. The fourth-order valence-corrected chi connectivity index (χ4v) is 2.24. The summed E-state index contributed by atoms with van der Waals surface area (Å²) in [5.41, 5.74) is 8.20. The molecule has 86 valence electrons. The molecule has 0 radical (unpaired) electrons. The first-order valence-electron chi connectivity index (χ1n) is 5.55. The number of Topliss-reactive ketones (excluding diaryl/α,β-unsaturated/α-hetero) is 1. The Kier molecular flexibility index (Phi) is 2.30. The van der Waals surface area contributed by atoms with Gasteiger partial charge in [0.1, 0.15) is 5.76 Å². The first-order chi connectivity index (χ1) is 8.25. The summed E-state index contributed by atoms with van der Waals surface area (Å²) in [6.07, 6.45) is 6.07. The third-order valence-corrected chi connectivity index (χ3v) is 3.01. The van der Waals surface area contributed by atoms with Crippen molar-refractivity contribution in [2.75, 3.05) is 0 Å². The van der Waals surface area contributed by atoms with Gasteiger partial charge in [-0.15, -0.1) is 0 Å². The van der Waals surface area contributed by atoms with Crippen LogP contribution in [0, 0.1) is 0 Å².